The normalized spacial score (nSPS) is 11.1. The molecule has 0 amide bonds. The summed E-state index contributed by atoms with van der Waals surface area (Å²) in [6.45, 7) is 7.35. The lowest BCUT2D eigenvalue weighted by atomic mass is 10.2. The van der Waals surface area contributed by atoms with Crippen molar-refractivity contribution in [1.82, 2.24) is 5.32 Å². The summed E-state index contributed by atoms with van der Waals surface area (Å²) >= 11 is 1.72. The molecule has 0 radical (unpaired) electrons. The first kappa shape index (κ1) is 16.0. The number of aryl methyl sites for hydroxylation is 1. The zero-order valence-electron chi connectivity index (χ0n) is 12.8. The van der Waals surface area contributed by atoms with E-state index < -0.39 is 0 Å². The average molecular weight is 307 g/mol. The predicted molar refractivity (Wildman–Crippen MR) is 86.4 cm³/mol. The standard InChI is InChI=1S/C17H22FNOS/c1-4-14-6-7-15(21-14)11-20-17-8-5-13(9-16(17)18)10-19-12(2)3/h5-9,12,19H,4,10-11H2,1-3H3. The summed E-state index contributed by atoms with van der Waals surface area (Å²) in [6, 6.07) is 9.68. The first-order valence-electron chi connectivity index (χ1n) is 7.30. The Morgan fingerprint density at radius 3 is 2.57 bits per heavy atom. The third kappa shape index (κ3) is 4.83. The van der Waals surface area contributed by atoms with Crippen molar-refractivity contribution in [2.24, 2.45) is 0 Å². The van der Waals surface area contributed by atoms with Crippen molar-refractivity contribution in [3.8, 4) is 5.75 Å². The Morgan fingerprint density at radius 1 is 1.19 bits per heavy atom. The highest BCUT2D eigenvalue weighted by atomic mass is 32.1. The molecule has 2 rings (SSSR count). The van der Waals surface area contributed by atoms with Crippen LogP contribution in [0.25, 0.3) is 0 Å². The zero-order chi connectivity index (χ0) is 15.2. The lowest BCUT2D eigenvalue weighted by Crippen LogP contribution is -2.21. The number of nitrogens with one attached hydrogen (secondary N) is 1. The molecule has 0 bridgehead atoms. The zero-order valence-corrected chi connectivity index (χ0v) is 13.6. The van der Waals surface area contributed by atoms with E-state index in [1.165, 1.54) is 10.9 Å². The Morgan fingerprint density at radius 2 is 1.95 bits per heavy atom. The molecule has 0 aliphatic heterocycles. The summed E-state index contributed by atoms with van der Waals surface area (Å²) in [5, 5.41) is 3.27. The quantitative estimate of drug-likeness (QED) is 0.811. The molecule has 2 aromatic rings. The minimum absolute atomic E-state index is 0.301. The number of benzene rings is 1. The van der Waals surface area contributed by atoms with Crippen molar-refractivity contribution in [3.63, 3.8) is 0 Å². The molecule has 21 heavy (non-hydrogen) atoms. The number of hydrogen-bond acceptors (Lipinski definition) is 3. The number of thiophene rings is 1. The van der Waals surface area contributed by atoms with Crippen LogP contribution in [0.15, 0.2) is 30.3 Å². The van der Waals surface area contributed by atoms with Crippen LogP contribution >= 0.6 is 11.3 Å². The average Bonchev–Trinajstić information content (AvgIpc) is 2.92. The van der Waals surface area contributed by atoms with Crippen LogP contribution in [-0.4, -0.2) is 6.04 Å². The lowest BCUT2D eigenvalue weighted by molar-refractivity contribution is 0.293. The van der Waals surface area contributed by atoms with E-state index in [0.29, 0.717) is 24.9 Å². The fraction of sp³-hybridized carbons (Fsp3) is 0.412. The molecule has 4 heteroatoms. The molecule has 1 heterocycles. The third-order valence-electron chi connectivity index (χ3n) is 3.15. The minimum atomic E-state index is -0.301. The van der Waals surface area contributed by atoms with Crippen LogP contribution in [0.2, 0.25) is 0 Å². The number of hydrogen-bond donors (Lipinski definition) is 1. The molecule has 1 N–H and O–H groups in total. The van der Waals surface area contributed by atoms with Gasteiger partial charge in [0.05, 0.1) is 0 Å². The molecular weight excluding hydrogens is 285 g/mol. The molecule has 0 spiro atoms. The van der Waals surface area contributed by atoms with Gasteiger partial charge in [-0.2, -0.15) is 0 Å². The summed E-state index contributed by atoms with van der Waals surface area (Å²) in [4.78, 5) is 2.45. The third-order valence-corrected chi connectivity index (χ3v) is 4.35. The highest BCUT2D eigenvalue weighted by Crippen LogP contribution is 2.22. The fourth-order valence-electron chi connectivity index (χ4n) is 1.93. The van der Waals surface area contributed by atoms with Gasteiger partial charge in [0.15, 0.2) is 11.6 Å². The van der Waals surface area contributed by atoms with E-state index in [1.54, 1.807) is 17.4 Å². The van der Waals surface area contributed by atoms with Gasteiger partial charge >= 0.3 is 0 Å². The van der Waals surface area contributed by atoms with Crippen molar-refractivity contribution in [2.75, 3.05) is 0 Å². The molecule has 1 aromatic heterocycles. The predicted octanol–water partition coefficient (Wildman–Crippen LogP) is 4.53. The van der Waals surface area contributed by atoms with Gasteiger partial charge in [-0.05, 0) is 36.2 Å². The van der Waals surface area contributed by atoms with Crippen molar-refractivity contribution in [2.45, 2.75) is 46.4 Å². The van der Waals surface area contributed by atoms with E-state index in [4.69, 9.17) is 4.74 Å². The monoisotopic (exact) mass is 307 g/mol. The molecule has 114 valence electrons. The molecule has 0 saturated heterocycles. The van der Waals surface area contributed by atoms with Gasteiger partial charge in [-0.15, -0.1) is 11.3 Å². The number of ether oxygens (including phenoxy) is 1. The van der Waals surface area contributed by atoms with E-state index in [1.807, 2.05) is 12.1 Å². The minimum Gasteiger partial charge on any atom is -0.485 e. The van der Waals surface area contributed by atoms with E-state index in [0.717, 1.165) is 16.9 Å². The molecule has 2 nitrogen and oxygen atoms in total. The Bertz CT molecular complexity index is 580. The number of rotatable bonds is 7. The lowest BCUT2D eigenvalue weighted by Gasteiger charge is -2.10. The van der Waals surface area contributed by atoms with Gasteiger partial charge in [-0.1, -0.05) is 26.8 Å². The van der Waals surface area contributed by atoms with E-state index in [2.05, 4.69) is 32.2 Å². The van der Waals surface area contributed by atoms with Crippen LogP contribution in [0.1, 0.15) is 36.1 Å². The van der Waals surface area contributed by atoms with Crippen LogP contribution in [-0.2, 0) is 19.6 Å². The number of halogens is 1. The van der Waals surface area contributed by atoms with Gasteiger partial charge in [0, 0.05) is 22.3 Å². The van der Waals surface area contributed by atoms with Crippen LogP contribution in [0, 0.1) is 5.82 Å². The van der Waals surface area contributed by atoms with Crippen molar-refractivity contribution in [3.05, 3.63) is 51.5 Å². The van der Waals surface area contributed by atoms with Gasteiger partial charge in [0.1, 0.15) is 6.61 Å². The maximum atomic E-state index is 14.0. The smallest absolute Gasteiger partial charge is 0.165 e. The van der Waals surface area contributed by atoms with Crippen LogP contribution in [0.4, 0.5) is 4.39 Å². The second-order valence-corrected chi connectivity index (χ2v) is 6.56. The molecular formula is C17H22FNOS. The molecule has 0 unspecified atom stereocenters. The van der Waals surface area contributed by atoms with E-state index in [-0.39, 0.29) is 5.82 Å². The molecule has 0 saturated carbocycles. The van der Waals surface area contributed by atoms with Gasteiger partial charge in [0.2, 0.25) is 0 Å². The van der Waals surface area contributed by atoms with Crippen molar-refractivity contribution in [1.29, 1.82) is 0 Å². The molecule has 0 aliphatic rings. The topological polar surface area (TPSA) is 21.3 Å². The van der Waals surface area contributed by atoms with Crippen molar-refractivity contribution < 1.29 is 9.13 Å². The Labute approximate surface area is 130 Å². The molecule has 0 atom stereocenters. The van der Waals surface area contributed by atoms with Gasteiger partial charge in [-0.3, -0.25) is 0 Å². The van der Waals surface area contributed by atoms with E-state index in [9.17, 15) is 4.39 Å². The highest BCUT2D eigenvalue weighted by Gasteiger charge is 2.07. The summed E-state index contributed by atoms with van der Waals surface area (Å²) in [5.74, 6) is 0.0140. The Balaban J connectivity index is 1.94. The van der Waals surface area contributed by atoms with Crippen LogP contribution in [0.3, 0.4) is 0 Å². The van der Waals surface area contributed by atoms with Gasteiger partial charge in [-0.25, -0.2) is 4.39 Å². The molecule has 0 fully saturated rings. The first-order valence-corrected chi connectivity index (χ1v) is 8.12. The summed E-state index contributed by atoms with van der Waals surface area (Å²) in [5.41, 5.74) is 0.929. The van der Waals surface area contributed by atoms with Crippen LogP contribution in [0.5, 0.6) is 5.75 Å². The highest BCUT2D eigenvalue weighted by molar-refractivity contribution is 7.11. The van der Waals surface area contributed by atoms with Gasteiger partial charge in [0.25, 0.3) is 0 Å². The largest absolute Gasteiger partial charge is 0.485 e. The molecule has 0 aliphatic carbocycles. The summed E-state index contributed by atoms with van der Waals surface area (Å²) < 4.78 is 19.6. The SMILES string of the molecule is CCc1ccc(COc2ccc(CNC(C)C)cc2F)s1. The second-order valence-electron chi connectivity index (χ2n) is 5.31. The Hall–Kier alpha value is -1.39. The Kier molecular flexibility index (Phi) is 5.76. The maximum absolute atomic E-state index is 14.0. The van der Waals surface area contributed by atoms with E-state index >= 15 is 0 Å². The summed E-state index contributed by atoms with van der Waals surface area (Å²) in [7, 11) is 0. The maximum Gasteiger partial charge on any atom is 0.165 e. The first-order chi connectivity index (χ1) is 10.1. The summed E-state index contributed by atoms with van der Waals surface area (Å²) in [6.07, 6.45) is 1.02. The van der Waals surface area contributed by atoms with Gasteiger partial charge < -0.3 is 10.1 Å². The molecule has 1 aromatic carbocycles. The fourth-order valence-corrected chi connectivity index (χ4v) is 2.80. The van der Waals surface area contributed by atoms with Crippen molar-refractivity contribution >= 4 is 11.3 Å². The second kappa shape index (κ2) is 7.57. The van der Waals surface area contributed by atoms with Crippen LogP contribution < -0.4 is 10.1 Å².